The third-order valence-corrected chi connectivity index (χ3v) is 8.42. The molecule has 3 amide bonds. The van der Waals surface area contributed by atoms with Gasteiger partial charge in [-0.1, -0.05) is 61.0 Å². The predicted molar refractivity (Wildman–Crippen MR) is 162 cm³/mol. The third-order valence-electron chi connectivity index (χ3n) is 8.18. The minimum atomic E-state index is -1.89. The number of fused-ring (bicyclic) bond motifs is 1. The van der Waals surface area contributed by atoms with E-state index >= 15 is 0 Å². The Morgan fingerprint density at radius 3 is 2.62 bits per heavy atom. The Bertz CT molecular complexity index is 1500. The van der Waals surface area contributed by atoms with E-state index in [1.165, 1.54) is 9.80 Å². The van der Waals surface area contributed by atoms with Crippen molar-refractivity contribution in [3.8, 4) is 0 Å². The second-order valence-corrected chi connectivity index (χ2v) is 11.2. The highest BCUT2D eigenvalue weighted by Gasteiger charge is 2.52. The van der Waals surface area contributed by atoms with Gasteiger partial charge in [0.2, 0.25) is 12.3 Å². The summed E-state index contributed by atoms with van der Waals surface area (Å²) >= 11 is 6.32. The van der Waals surface area contributed by atoms with Gasteiger partial charge in [0, 0.05) is 40.8 Å². The number of carbonyl (C=O) groups is 3. The number of anilines is 3. The Morgan fingerprint density at radius 2 is 1.88 bits per heavy atom. The van der Waals surface area contributed by atoms with Crippen LogP contribution in [0.5, 0.6) is 0 Å². The molecule has 5 rings (SSSR count). The van der Waals surface area contributed by atoms with E-state index in [-0.39, 0.29) is 31.5 Å². The van der Waals surface area contributed by atoms with Crippen LogP contribution in [0.3, 0.4) is 0 Å². The molecule has 42 heavy (non-hydrogen) atoms. The van der Waals surface area contributed by atoms with Crippen molar-refractivity contribution in [2.24, 2.45) is 5.92 Å². The minimum Gasteiger partial charge on any atom is -0.394 e. The number of halogens is 1. The zero-order valence-electron chi connectivity index (χ0n) is 23.4. The van der Waals surface area contributed by atoms with E-state index in [9.17, 15) is 24.6 Å². The first-order valence-corrected chi connectivity index (χ1v) is 14.5. The third kappa shape index (κ3) is 5.57. The number of amides is 3. The number of hydrogen-bond acceptors (Lipinski definition) is 5. The van der Waals surface area contributed by atoms with Crippen LogP contribution < -0.4 is 9.80 Å². The van der Waals surface area contributed by atoms with Crippen molar-refractivity contribution in [1.29, 1.82) is 0 Å². The maximum atomic E-state index is 14.0. The molecule has 1 fully saturated rings. The van der Waals surface area contributed by atoms with Crippen LogP contribution >= 0.6 is 11.6 Å². The molecule has 0 saturated carbocycles. The Labute approximate surface area is 250 Å². The number of carbonyl (C=O) groups excluding carboxylic acids is 3. The van der Waals surface area contributed by atoms with Crippen LogP contribution in [0.1, 0.15) is 37.3 Å². The summed E-state index contributed by atoms with van der Waals surface area (Å²) in [6.07, 6.45) is 5.87. The fourth-order valence-corrected chi connectivity index (χ4v) is 6.08. The molecule has 3 aromatic carbocycles. The van der Waals surface area contributed by atoms with E-state index in [1.54, 1.807) is 42.2 Å². The lowest BCUT2D eigenvalue weighted by atomic mass is 9.83. The van der Waals surface area contributed by atoms with Gasteiger partial charge in [-0.05, 0) is 60.9 Å². The van der Waals surface area contributed by atoms with Crippen molar-refractivity contribution in [3.05, 3.63) is 101 Å². The number of aliphatic hydroxyl groups excluding tert-OH is 1. The fourth-order valence-electron chi connectivity index (χ4n) is 5.91. The number of hydrogen-bond donors (Lipinski definition) is 2. The Morgan fingerprint density at radius 1 is 1.12 bits per heavy atom. The van der Waals surface area contributed by atoms with Crippen molar-refractivity contribution in [2.45, 2.75) is 44.4 Å². The lowest BCUT2D eigenvalue weighted by Gasteiger charge is -2.28. The maximum absolute atomic E-state index is 14.0. The molecule has 2 N–H and O–H groups in total. The molecule has 0 radical (unpaired) electrons. The smallest absolute Gasteiger partial charge is 0.264 e. The number of rotatable bonds is 10. The molecule has 9 heteroatoms. The van der Waals surface area contributed by atoms with E-state index in [0.717, 1.165) is 24.8 Å². The number of para-hydroxylation sites is 1. The molecule has 8 nitrogen and oxygen atoms in total. The van der Waals surface area contributed by atoms with Crippen molar-refractivity contribution < 1.29 is 24.6 Å². The first-order chi connectivity index (χ1) is 20.3. The van der Waals surface area contributed by atoms with E-state index < -0.39 is 17.4 Å². The van der Waals surface area contributed by atoms with Crippen molar-refractivity contribution >= 4 is 46.9 Å². The van der Waals surface area contributed by atoms with Crippen LogP contribution in [0.4, 0.5) is 17.1 Å². The molecule has 3 aromatic rings. The molecule has 0 aliphatic carbocycles. The monoisotopic (exact) mass is 587 g/mol. The van der Waals surface area contributed by atoms with Crippen molar-refractivity contribution in [3.63, 3.8) is 0 Å². The Kier molecular flexibility index (Phi) is 8.77. The van der Waals surface area contributed by atoms with Gasteiger partial charge in [-0.25, -0.2) is 0 Å². The lowest BCUT2D eigenvalue weighted by molar-refractivity contribution is -0.139. The lowest BCUT2D eigenvalue weighted by Crippen LogP contribution is -2.44. The summed E-state index contributed by atoms with van der Waals surface area (Å²) in [5.74, 6) is -1.25. The first-order valence-electron chi connectivity index (χ1n) is 14.1. The first kappa shape index (κ1) is 29.5. The molecule has 0 unspecified atom stereocenters. The van der Waals surface area contributed by atoms with Crippen molar-refractivity contribution in [1.82, 2.24) is 4.90 Å². The van der Waals surface area contributed by atoms with Gasteiger partial charge in [0.25, 0.3) is 5.91 Å². The van der Waals surface area contributed by atoms with Crippen molar-refractivity contribution in [2.75, 3.05) is 23.0 Å². The number of nitrogens with zero attached hydrogens (tertiary/aromatic N) is 3. The molecule has 0 aromatic heterocycles. The van der Waals surface area contributed by atoms with Gasteiger partial charge in [0.15, 0.2) is 5.60 Å². The quantitative estimate of drug-likeness (QED) is 0.259. The fraction of sp³-hybridized carbons (Fsp3) is 0.303. The highest BCUT2D eigenvalue weighted by atomic mass is 35.5. The average molecular weight is 588 g/mol. The van der Waals surface area contributed by atoms with Crippen LogP contribution in [0.2, 0.25) is 5.02 Å². The average Bonchev–Trinajstić information content (AvgIpc) is 3.56. The molecule has 0 bridgehead atoms. The van der Waals surface area contributed by atoms with E-state index in [4.69, 9.17) is 11.6 Å². The number of aliphatic hydroxyl groups is 2. The Balaban J connectivity index is 1.38. The molecule has 2 aliphatic rings. The zero-order valence-corrected chi connectivity index (χ0v) is 24.2. The highest BCUT2D eigenvalue weighted by molar-refractivity contribution is 6.31. The molecular formula is C33H34ClN3O5. The van der Waals surface area contributed by atoms with Gasteiger partial charge in [-0.15, -0.1) is 0 Å². The van der Waals surface area contributed by atoms with Gasteiger partial charge < -0.3 is 20.0 Å². The van der Waals surface area contributed by atoms with Crippen LogP contribution in [0.25, 0.3) is 0 Å². The second kappa shape index (κ2) is 12.5. The molecule has 2 aliphatic heterocycles. The molecular weight excluding hydrogens is 554 g/mol. The second-order valence-electron chi connectivity index (χ2n) is 10.8. The molecule has 218 valence electrons. The highest BCUT2D eigenvalue weighted by Crippen LogP contribution is 2.47. The van der Waals surface area contributed by atoms with E-state index in [1.807, 2.05) is 54.6 Å². The normalized spacial score (nSPS) is 20.7. The number of likely N-dealkylation sites (tertiary alicyclic amines) is 1. The summed E-state index contributed by atoms with van der Waals surface area (Å²) in [5.41, 5.74) is 1.19. The molecule has 2 heterocycles. The van der Waals surface area contributed by atoms with Crippen LogP contribution in [0, 0.1) is 5.92 Å². The standard InChI is InChI=1S/C33H34ClN3O5/c1-23(8-5-14-31(40)35-17-7-13-28(35)21-38)33(42)29-19-25(34)15-16-30(29)36(32(33)41)20-24-9-6-12-27(18-24)37(22-39)26-10-3-2-4-11-26/h2-6,8-12,15-16,18-19,22-23,28,38,42H,7,13-14,17,20-21H2,1H3/b8-5+/t23-,28+,33+/m1/s1. The predicted octanol–water partition coefficient (Wildman–Crippen LogP) is 4.93. The van der Waals surface area contributed by atoms with Gasteiger partial charge in [0.1, 0.15) is 0 Å². The summed E-state index contributed by atoms with van der Waals surface area (Å²) in [4.78, 5) is 43.4. The van der Waals surface area contributed by atoms with Gasteiger partial charge in [-0.3, -0.25) is 19.3 Å². The maximum Gasteiger partial charge on any atom is 0.264 e. The number of benzene rings is 3. The van der Waals surface area contributed by atoms with Crippen LogP contribution in [-0.2, 0) is 26.5 Å². The largest absolute Gasteiger partial charge is 0.394 e. The minimum absolute atomic E-state index is 0.0597. The van der Waals surface area contributed by atoms with E-state index in [2.05, 4.69) is 0 Å². The SMILES string of the molecule is C[C@H](/C=C/CC(=O)N1CCC[C@H]1CO)[C@@]1(O)C(=O)N(Cc2cccc(N(C=O)c3ccccc3)c2)c2ccc(Cl)cc21. The topological polar surface area (TPSA) is 101 Å². The zero-order chi connectivity index (χ0) is 29.9. The molecule has 0 spiro atoms. The van der Waals surface area contributed by atoms with Crippen LogP contribution in [0.15, 0.2) is 84.9 Å². The summed E-state index contributed by atoms with van der Waals surface area (Å²) in [6.45, 7) is 2.46. The Hall–Kier alpha value is -3.98. The summed E-state index contributed by atoms with van der Waals surface area (Å²) in [5, 5.41) is 21.9. The summed E-state index contributed by atoms with van der Waals surface area (Å²) in [6, 6.07) is 21.5. The van der Waals surface area contributed by atoms with Gasteiger partial charge >= 0.3 is 0 Å². The van der Waals surface area contributed by atoms with Crippen LogP contribution in [-0.4, -0.2) is 52.5 Å². The van der Waals surface area contributed by atoms with E-state index in [0.29, 0.717) is 34.2 Å². The summed E-state index contributed by atoms with van der Waals surface area (Å²) < 4.78 is 0. The van der Waals surface area contributed by atoms with Gasteiger partial charge in [0.05, 0.1) is 24.9 Å². The summed E-state index contributed by atoms with van der Waals surface area (Å²) in [7, 11) is 0. The van der Waals surface area contributed by atoms with Gasteiger partial charge in [-0.2, -0.15) is 0 Å². The molecule has 3 atom stereocenters. The molecule has 1 saturated heterocycles.